The van der Waals surface area contributed by atoms with E-state index in [1.165, 1.54) is 12.8 Å². The first kappa shape index (κ1) is 25.4. The summed E-state index contributed by atoms with van der Waals surface area (Å²) in [7, 11) is 1.65. The Morgan fingerprint density at radius 3 is 2.77 bits per heavy atom. The summed E-state index contributed by atoms with van der Waals surface area (Å²) in [6.07, 6.45) is 5.93. The largest absolute Gasteiger partial charge is 0.475 e. The second kappa shape index (κ2) is 14.3. The van der Waals surface area contributed by atoms with Crippen LogP contribution in [0.15, 0.2) is 46.1 Å². The topological polar surface area (TPSA) is 84.2 Å². The molecule has 0 amide bonds. The van der Waals surface area contributed by atoms with Gasteiger partial charge in [-0.15, -0.1) is 24.0 Å². The third-order valence-electron chi connectivity index (χ3n) is 5.04. The lowest BCUT2D eigenvalue weighted by Crippen LogP contribution is -2.42. The van der Waals surface area contributed by atoms with Crippen molar-refractivity contribution < 1.29 is 13.9 Å². The van der Waals surface area contributed by atoms with E-state index in [1.807, 2.05) is 24.3 Å². The van der Waals surface area contributed by atoms with E-state index in [9.17, 15) is 0 Å². The lowest BCUT2D eigenvalue weighted by atomic mass is 10.2. The fourth-order valence-corrected chi connectivity index (χ4v) is 3.54. The van der Waals surface area contributed by atoms with Gasteiger partial charge in [-0.05, 0) is 51.1 Å². The monoisotopic (exact) mass is 543 g/mol. The molecule has 2 aromatic heterocycles. The first-order chi connectivity index (χ1) is 14.8. The normalized spacial score (nSPS) is 15.4. The van der Waals surface area contributed by atoms with Gasteiger partial charge in [0.05, 0.1) is 25.5 Å². The number of rotatable bonds is 11. The van der Waals surface area contributed by atoms with Crippen LogP contribution in [0.4, 0.5) is 0 Å². The number of nitrogens with zero attached hydrogens (tertiary/aromatic N) is 3. The predicted octanol–water partition coefficient (Wildman–Crippen LogP) is 3.21. The van der Waals surface area contributed by atoms with E-state index in [2.05, 4.69) is 27.4 Å². The number of aliphatic imine (C=N–C) groups is 1. The van der Waals surface area contributed by atoms with Crippen molar-refractivity contribution in [3.8, 4) is 5.88 Å². The van der Waals surface area contributed by atoms with Gasteiger partial charge in [0.1, 0.15) is 12.4 Å². The maximum Gasteiger partial charge on any atom is 0.218 e. The molecule has 1 aliphatic heterocycles. The van der Waals surface area contributed by atoms with E-state index in [4.69, 9.17) is 18.9 Å². The van der Waals surface area contributed by atoms with Crippen LogP contribution in [0.5, 0.6) is 5.88 Å². The molecule has 0 saturated carbocycles. The molecule has 172 valence electrons. The third-order valence-corrected chi connectivity index (χ3v) is 5.04. The van der Waals surface area contributed by atoms with Crippen LogP contribution in [0.25, 0.3) is 0 Å². The number of ether oxygens (including phenoxy) is 2. The number of methoxy groups -OCH3 is 1. The second-order valence-corrected chi connectivity index (χ2v) is 7.16. The number of guanidine groups is 1. The molecule has 0 spiro atoms. The van der Waals surface area contributed by atoms with Crippen LogP contribution in [0.2, 0.25) is 0 Å². The summed E-state index contributed by atoms with van der Waals surface area (Å²) >= 11 is 0. The first-order valence-electron chi connectivity index (χ1n) is 10.7. The predicted molar refractivity (Wildman–Crippen MR) is 132 cm³/mol. The molecule has 3 rings (SSSR count). The van der Waals surface area contributed by atoms with Crippen molar-refractivity contribution in [1.82, 2.24) is 20.5 Å². The molecule has 2 aromatic rings. The highest BCUT2D eigenvalue weighted by atomic mass is 127. The minimum Gasteiger partial charge on any atom is -0.475 e. The lowest BCUT2D eigenvalue weighted by molar-refractivity contribution is 0.143. The number of hydrogen-bond acceptors (Lipinski definition) is 6. The van der Waals surface area contributed by atoms with Gasteiger partial charge in [-0.25, -0.2) is 9.98 Å². The molecule has 1 fully saturated rings. The average molecular weight is 543 g/mol. The minimum absolute atomic E-state index is 0. The second-order valence-electron chi connectivity index (χ2n) is 7.16. The van der Waals surface area contributed by atoms with Gasteiger partial charge < -0.3 is 24.5 Å². The van der Waals surface area contributed by atoms with E-state index in [1.54, 1.807) is 19.6 Å². The van der Waals surface area contributed by atoms with Crippen molar-refractivity contribution in [1.29, 1.82) is 0 Å². The van der Waals surface area contributed by atoms with Gasteiger partial charge in [0.2, 0.25) is 5.88 Å². The molecule has 9 heteroatoms. The smallest absolute Gasteiger partial charge is 0.218 e. The maximum atomic E-state index is 5.72. The number of halogens is 1. The molecule has 1 saturated heterocycles. The van der Waals surface area contributed by atoms with Crippen molar-refractivity contribution >= 4 is 29.9 Å². The minimum atomic E-state index is 0. The van der Waals surface area contributed by atoms with Crippen LogP contribution in [0.3, 0.4) is 0 Å². The Balaban J connectivity index is 0.00000341. The lowest BCUT2D eigenvalue weighted by Gasteiger charge is -2.26. The number of furan rings is 1. The molecule has 0 aromatic carbocycles. The quantitative estimate of drug-likeness (QED) is 0.195. The van der Waals surface area contributed by atoms with Gasteiger partial charge in [-0.3, -0.25) is 4.90 Å². The van der Waals surface area contributed by atoms with Crippen molar-refractivity contribution in [3.05, 3.63) is 48.0 Å². The highest BCUT2D eigenvalue weighted by Crippen LogP contribution is 2.24. The molecule has 0 aliphatic carbocycles. The number of nitrogens with one attached hydrogen (secondary N) is 2. The van der Waals surface area contributed by atoms with Gasteiger partial charge in [0.25, 0.3) is 0 Å². The molecule has 0 bridgehead atoms. The summed E-state index contributed by atoms with van der Waals surface area (Å²) < 4.78 is 16.5. The van der Waals surface area contributed by atoms with Crippen LogP contribution >= 0.6 is 24.0 Å². The summed E-state index contributed by atoms with van der Waals surface area (Å²) in [4.78, 5) is 11.5. The maximum absolute atomic E-state index is 5.72. The van der Waals surface area contributed by atoms with Crippen molar-refractivity contribution in [2.24, 2.45) is 4.99 Å². The third kappa shape index (κ3) is 7.97. The Bertz CT molecular complexity index is 766. The Kier molecular flexibility index (Phi) is 11.7. The SMILES string of the molecule is CCNC(=NCc1cccnc1OCCOC)NCC(c1ccco1)N1CCCC1.I. The number of pyridine rings is 1. The zero-order chi connectivity index (χ0) is 21.0. The van der Waals surface area contributed by atoms with E-state index in [-0.39, 0.29) is 30.0 Å². The molecule has 1 unspecified atom stereocenters. The van der Waals surface area contributed by atoms with Crippen LogP contribution in [0.1, 0.15) is 37.1 Å². The number of hydrogen-bond donors (Lipinski definition) is 2. The van der Waals surface area contributed by atoms with Crippen LogP contribution in [-0.2, 0) is 11.3 Å². The Morgan fingerprint density at radius 1 is 1.23 bits per heavy atom. The zero-order valence-electron chi connectivity index (χ0n) is 18.4. The van der Waals surface area contributed by atoms with E-state index in [0.717, 1.165) is 43.5 Å². The van der Waals surface area contributed by atoms with Gasteiger partial charge in [0.15, 0.2) is 5.96 Å². The number of likely N-dealkylation sites (tertiary alicyclic amines) is 1. The first-order valence-corrected chi connectivity index (χ1v) is 10.7. The molecule has 8 nitrogen and oxygen atoms in total. The molecule has 1 aliphatic rings. The summed E-state index contributed by atoms with van der Waals surface area (Å²) in [5, 5.41) is 6.81. The molecular weight excluding hydrogens is 509 g/mol. The van der Waals surface area contributed by atoms with E-state index < -0.39 is 0 Å². The Morgan fingerprint density at radius 2 is 2.06 bits per heavy atom. The van der Waals surface area contributed by atoms with Crippen molar-refractivity contribution in [2.75, 3.05) is 46.5 Å². The van der Waals surface area contributed by atoms with Gasteiger partial charge >= 0.3 is 0 Å². The summed E-state index contributed by atoms with van der Waals surface area (Å²) in [5.74, 6) is 2.35. The Hall–Kier alpha value is -1.85. The highest BCUT2D eigenvalue weighted by molar-refractivity contribution is 14.0. The zero-order valence-corrected chi connectivity index (χ0v) is 20.7. The van der Waals surface area contributed by atoms with E-state index in [0.29, 0.717) is 25.6 Å². The fourth-order valence-electron chi connectivity index (χ4n) is 3.54. The van der Waals surface area contributed by atoms with Gasteiger partial charge in [-0.1, -0.05) is 6.07 Å². The number of aromatic nitrogens is 1. The Labute approximate surface area is 201 Å². The van der Waals surface area contributed by atoms with Crippen molar-refractivity contribution in [2.45, 2.75) is 32.4 Å². The highest BCUT2D eigenvalue weighted by Gasteiger charge is 2.25. The van der Waals surface area contributed by atoms with Crippen LogP contribution in [0, 0.1) is 0 Å². The molecule has 2 N–H and O–H groups in total. The molecule has 0 radical (unpaired) electrons. The van der Waals surface area contributed by atoms with Crippen LogP contribution in [-0.4, -0.2) is 62.3 Å². The summed E-state index contributed by atoms with van der Waals surface area (Å²) in [6.45, 7) is 7.22. The fraction of sp³-hybridized carbons (Fsp3) is 0.545. The standard InChI is InChI=1S/C22H33N5O3.HI/c1-3-23-22(25-16-18-8-6-10-24-21(18)30-15-14-28-2)26-17-19(20-9-7-13-29-20)27-11-4-5-12-27;/h6-10,13,19H,3-5,11-12,14-17H2,1-2H3,(H2,23,25,26);1H. The average Bonchev–Trinajstić information content (AvgIpc) is 3.48. The van der Waals surface area contributed by atoms with Crippen LogP contribution < -0.4 is 15.4 Å². The van der Waals surface area contributed by atoms with Crippen molar-refractivity contribution in [3.63, 3.8) is 0 Å². The molecule has 1 atom stereocenters. The summed E-state index contributed by atoms with van der Waals surface area (Å²) in [5.41, 5.74) is 0.938. The van der Waals surface area contributed by atoms with E-state index >= 15 is 0 Å². The molecular formula is C22H34IN5O3. The molecule has 31 heavy (non-hydrogen) atoms. The molecule has 3 heterocycles. The van der Waals surface area contributed by atoms with Gasteiger partial charge in [-0.2, -0.15) is 0 Å². The summed E-state index contributed by atoms with van der Waals surface area (Å²) in [6, 6.07) is 8.07. The van der Waals surface area contributed by atoms with Gasteiger partial charge in [0, 0.05) is 32.0 Å².